The van der Waals surface area contributed by atoms with E-state index in [-0.39, 0.29) is 0 Å². The fraction of sp³-hybridized carbons (Fsp3) is 0.250. The molecule has 0 unspecified atom stereocenters. The molecule has 1 aliphatic rings. The molecule has 0 fully saturated rings. The van der Waals surface area contributed by atoms with Crippen LogP contribution in [0.1, 0.15) is 13.8 Å². The summed E-state index contributed by atoms with van der Waals surface area (Å²) in [6.07, 6.45) is 3.73. The Morgan fingerprint density at radius 3 is 2.70 bits per heavy atom. The zero-order valence-electron chi connectivity index (χ0n) is 6.06. The minimum absolute atomic E-state index is 0.533. The normalized spacial score (nSPS) is 16.8. The number of nitrogens with one attached hydrogen (secondary N) is 1. The topological polar surface area (TPSA) is 29.1 Å². The lowest BCUT2D eigenvalue weighted by atomic mass is 10.1. The second kappa shape index (κ2) is 2.54. The molecule has 0 aromatic carbocycles. The van der Waals surface area contributed by atoms with Crippen molar-refractivity contribution in [3.05, 3.63) is 29.1 Å². The van der Waals surface area contributed by atoms with E-state index in [1.807, 2.05) is 25.9 Å². The fourth-order valence-electron chi connectivity index (χ4n) is 0.865. The molecule has 0 aromatic rings. The first-order valence-corrected chi connectivity index (χ1v) is 3.11. The van der Waals surface area contributed by atoms with Crippen molar-refractivity contribution in [3.63, 3.8) is 0 Å². The van der Waals surface area contributed by atoms with Gasteiger partial charge in [0.1, 0.15) is 5.70 Å². The van der Waals surface area contributed by atoms with Gasteiger partial charge in [0.15, 0.2) is 5.94 Å². The summed E-state index contributed by atoms with van der Waals surface area (Å²) in [6.45, 7) is 3.85. The van der Waals surface area contributed by atoms with Crippen LogP contribution in [0.2, 0.25) is 0 Å². The van der Waals surface area contributed by atoms with Gasteiger partial charge in [0.25, 0.3) is 0 Å². The minimum atomic E-state index is 0.533. The summed E-state index contributed by atoms with van der Waals surface area (Å²) in [4.78, 5) is 10.2. The number of hydrogen-bond donors (Lipinski definition) is 1. The largest absolute Gasteiger partial charge is 0.352 e. The van der Waals surface area contributed by atoms with Crippen molar-refractivity contribution in [1.82, 2.24) is 5.32 Å². The molecular weight excluding hydrogens is 126 g/mol. The summed E-state index contributed by atoms with van der Waals surface area (Å²) in [5.41, 5.74) is 2.59. The molecule has 0 saturated carbocycles. The van der Waals surface area contributed by atoms with E-state index in [0.29, 0.717) is 5.70 Å². The van der Waals surface area contributed by atoms with Gasteiger partial charge in [-0.1, -0.05) is 6.08 Å². The van der Waals surface area contributed by atoms with Crippen LogP contribution in [0, 0.1) is 0 Å². The first kappa shape index (κ1) is 6.84. The number of carbonyl (C=O) groups excluding carboxylic acids is 1. The van der Waals surface area contributed by atoms with Gasteiger partial charge in [0.05, 0.1) is 0 Å². The third kappa shape index (κ3) is 1.17. The highest BCUT2D eigenvalue weighted by Gasteiger charge is 2.03. The first-order valence-electron chi connectivity index (χ1n) is 3.11. The van der Waals surface area contributed by atoms with Crippen LogP contribution in [0.25, 0.3) is 0 Å². The fourth-order valence-corrected chi connectivity index (χ4v) is 0.865. The van der Waals surface area contributed by atoms with Crippen molar-refractivity contribution >= 4 is 5.94 Å². The number of hydrogen-bond acceptors (Lipinski definition) is 2. The van der Waals surface area contributed by atoms with Crippen LogP contribution < -0.4 is 5.32 Å². The van der Waals surface area contributed by atoms with Crippen LogP contribution in [0.3, 0.4) is 0 Å². The molecule has 10 heavy (non-hydrogen) atoms. The molecule has 1 N–H and O–H groups in total. The van der Waals surface area contributed by atoms with E-state index in [9.17, 15) is 4.79 Å². The Kier molecular flexibility index (Phi) is 1.74. The smallest absolute Gasteiger partial charge is 0.150 e. The predicted molar refractivity (Wildman–Crippen MR) is 39.9 cm³/mol. The summed E-state index contributed by atoms with van der Waals surface area (Å²) >= 11 is 0. The van der Waals surface area contributed by atoms with Crippen LogP contribution in [0.4, 0.5) is 0 Å². The molecule has 2 heteroatoms. The maximum atomic E-state index is 10.2. The van der Waals surface area contributed by atoms with Gasteiger partial charge in [-0.05, 0) is 25.0 Å². The SMILES string of the molecule is CC1=CNC(=C=O)C(C)=C1. The highest BCUT2D eigenvalue weighted by molar-refractivity contribution is 5.62. The molecule has 1 aliphatic heterocycles. The summed E-state index contributed by atoms with van der Waals surface area (Å²) < 4.78 is 0. The highest BCUT2D eigenvalue weighted by Crippen LogP contribution is 2.11. The quantitative estimate of drug-likeness (QED) is 0.505. The lowest BCUT2D eigenvalue weighted by molar-refractivity contribution is 0.566. The highest BCUT2D eigenvalue weighted by atomic mass is 16.1. The van der Waals surface area contributed by atoms with Crippen LogP contribution in [-0.4, -0.2) is 5.94 Å². The Labute approximate surface area is 59.9 Å². The Hall–Kier alpha value is -1.27. The molecule has 0 saturated heterocycles. The van der Waals surface area contributed by atoms with E-state index in [0.717, 1.165) is 11.1 Å². The molecule has 52 valence electrons. The number of rotatable bonds is 0. The molecule has 2 nitrogen and oxygen atoms in total. The van der Waals surface area contributed by atoms with Crippen molar-refractivity contribution in [1.29, 1.82) is 0 Å². The molecular formula is C8H9NO. The maximum absolute atomic E-state index is 10.2. The van der Waals surface area contributed by atoms with Crippen LogP contribution in [0.15, 0.2) is 29.1 Å². The van der Waals surface area contributed by atoms with Crippen LogP contribution >= 0.6 is 0 Å². The van der Waals surface area contributed by atoms with Gasteiger partial charge in [-0.3, -0.25) is 0 Å². The van der Waals surface area contributed by atoms with Crippen molar-refractivity contribution in [3.8, 4) is 0 Å². The lowest BCUT2D eigenvalue weighted by Gasteiger charge is -2.09. The predicted octanol–water partition coefficient (Wildman–Crippen LogP) is 1.16. The van der Waals surface area contributed by atoms with Crippen LogP contribution in [-0.2, 0) is 4.79 Å². The summed E-state index contributed by atoms with van der Waals surface area (Å²) in [5.74, 6) is 1.82. The van der Waals surface area contributed by atoms with Gasteiger partial charge in [-0.25, -0.2) is 4.79 Å². The van der Waals surface area contributed by atoms with Crippen molar-refractivity contribution in [2.45, 2.75) is 13.8 Å². The Balaban J connectivity index is 2.99. The third-order valence-corrected chi connectivity index (χ3v) is 1.38. The van der Waals surface area contributed by atoms with Gasteiger partial charge in [-0.15, -0.1) is 0 Å². The monoisotopic (exact) mass is 135 g/mol. The zero-order valence-corrected chi connectivity index (χ0v) is 6.06. The van der Waals surface area contributed by atoms with Crippen molar-refractivity contribution in [2.24, 2.45) is 0 Å². The van der Waals surface area contributed by atoms with E-state index < -0.39 is 0 Å². The second-order valence-corrected chi connectivity index (χ2v) is 2.34. The van der Waals surface area contributed by atoms with E-state index in [2.05, 4.69) is 5.32 Å². The lowest BCUT2D eigenvalue weighted by Crippen LogP contribution is -2.11. The van der Waals surface area contributed by atoms with Crippen LogP contribution in [0.5, 0.6) is 0 Å². The van der Waals surface area contributed by atoms with Gasteiger partial charge >= 0.3 is 0 Å². The van der Waals surface area contributed by atoms with Gasteiger partial charge < -0.3 is 5.32 Å². The van der Waals surface area contributed by atoms with E-state index >= 15 is 0 Å². The Bertz CT molecular complexity index is 254. The summed E-state index contributed by atoms with van der Waals surface area (Å²) in [6, 6.07) is 0. The molecule has 0 spiro atoms. The second-order valence-electron chi connectivity index (χ2n) is 2.34. The minimum Gasteiger partial charge on any atom is -0.352 e. The standard InChI is InChI=1S/C8H9NO/c1-6-3-7(2)8(5-10)9-4-6/h3-4,9H,1-2H3. The van der Waals surface area contributed by atoms with Gasteiger partial charge in [0, 0.05) is 6.20 Å². The van der Waals surface area contributed by atoms with E-state index in [1.54, 1.807) is 6.20 Å². The zero-order chi connectivity index (χ0) is 7.56. The molecule has 0 radical (unpaired) electrons. The average molecular weight is 135 g/mol. The van der Waals surface area contributed by atoms with Gasteiger partial charge in [-0.2, -0.15) is 0 Å². The molecule has 0 aromatic heterocycles. The third-order valence-electron chi connectivity index (χ3n) is 1.38. The van der Waals surface area contributed by atoms with E-state index in [4.69, 9.17) is 0 Å². The van der Waals surface area contributed by atoms with Crippen molar-refractivity contribution < 1.29 is 4.79 Å². The molecule has 0 amide bonds. The molecule has 1 heterocycles. The Morgan fingerprint density at radius 2 is 2.20 bits per heavy atom. The number of allylic oxidation sites excluding steroid dienone is 3. The molecule has 0 atom stereocenters. The number of dihydropyridines is 1. The molecule has 0 aliphatic carbocycles. The maximum Gasteiger partial charge on any atom is 0.150 e. The van der Waals surface area contributed by atoms with Gasteiger partial charge in [0.2, 0.25) is 0 Å². The first-order chi connectivity index (χ1) is 4.74. The molecule has 1 rings (SSSR count). The summed E-state index contributed by atoms with van der Waals surface area (Å²) in [5, 5.41) is 2.83. The van der Waals surface area contributed by atoms with E-state index in [1.165, 1.54) is 0 Å². The molecule has 0 bridgehead atoms. The van der Waals surface area contributed by atoms with Crippen molar-refractivity contribution in [2.75, 3.05) is 0 Å². The summed E-state index contributed by atoms with van der Waals surface area (Å²) in [7, 11) is 0. The average Bonchev–Trinajstić information content (AvgIpc) is 1.88. The Morgan fingerprint density at radius 1 is 1.50 bits per heavy atom.